The number of hydrogen-bond acceptors (Lipinski definition) is 3. The molecule has 2 nitrogen and oxygen atoms in total. The minimum Gasteiger partial charge on any atom is -0.321 e. The molecule has 0 saturated carbocycles. The maximum Gasteiger partial charge on any atom is 0.265 e. The number of anilines is 1. The van der Waals surface area contributed by atoms with Gasteiger partial charge in [-0.3, -0.25) is 4.79 Å². The lowest BCUT2D eigenvalue weighted by Crippen LogP contribution is -2.09. The van der Waals surface area contributed by atoms with Crippen LogP contribution in [0.3, 0.4) is 0 Å². The lowest BCUT2D eigenvalue weighted by Gasteiger charge is -2.04. The summed E-state index contributed by atoms with van der Waals surface area (Å²) in [4.78, 5) is 13.4. The van der Waals surface area contributed by atoms with Crippen LogP contribution in [0.2, 0.25) is 0 Å². The Kier molecular flexibility index (Phi) is 4.44. The maximum atomic E-state index is 11.9. The predicted octanol–water partition coefficient (Wildman–Crippen LogP) is 4.24. The monoisotopic (exact) mass is 277 g/mol. The van der Waals surface area contributed by atoms with E-state index in [-0.39, 0.29) is 5.91 Å². The summed E-state index contributed by atoms with van der Waals surface area (Å²) in [5, 5.41) is 4.73. The molecular weight excluding hydrogens is 262 g/mol. The van der Waals surface area contributed by atoms with Gasteiger partial charge in [-0.1, -0.05) is 25.5 Å². The Morgan fingerprint density at radius 3 is 2.61 bits per heavy atom. The molecule has 0 radical (unpaired) electrons. The van der Waals surface area contributed by atoms with Crippen LogP contribution >= 0.6 is 24.0 Å². The van der Waals surface area contributed by atoms with Crippen LogP contribution in [0.5, 0.6) is 0 Å². The molecule has 2 aromatic rings. The highest BCUT2D eigenvalue weighted by Crippen LogP contribution is 2.19. The molecule has 0 fully saturated rings. The summed E-state index contributed by atoms with van der Waals surface area (Å²) in [6, 6.07) is 9.76. The zero-order chi connectivity index (χ0) is 13.0. The molecule has 0 spiro atoms. The average molecular weight is 277 g/mol. The first-order valence-corrected chi connectivity index (χ1v) is 7.19. The number of nitrogens with one attached hydrogen (secondary N) is 1. The molecule has 1 N–H and O–H groups in total. The van der Waals surface area contributed by atoms with Crippen LogP contribution in [0, 0.1) is 0 Å². The molecule has 0 aliphatic heterocycles. The molecule has 0 bridgehead atoms. The largest absolute Gasteiger partial charge is 0.321 e. The fourth-order valence-corrected chi connectivity index (χ4v) is 2.72. The highest BCUT2D eigenvalue weighted by Gasteiger charge is 2.08. The highest BCUT2D eigenvalue weighted by molar-refractivity contribution is 7.80. The Hall–Kier alpha value is -1.26. The van der Waals surface area contributed by atoms with Crippen molar-refractivity contribution < 1.29 is 4.79 Å². The Morgan fingerprint density at radius 1 is 1.33 bits per heavy atom. The molecule has 1 aromatic heterocycles. The molecule has 1 heterocycles. The fraction of sp³-hybridized carbons (Fsp3) is 0.214. The van der Waals surface area contributed by atoms with Gasteiger partial charge in [0.25, 0.3) is 5.91 Å². The number of thiophene rings is 1. The van der Waals surface area contributed by atoms with Gasteiger partial charge in [0.05, 0.1) is 4.88 Å². The van der Waals surface area contributed by atoms with Crippen molar-refractivity contribution in [1.29, 1.82) is 0 Å². The third-order valence-electron chi connectivity index (χ3n) is 2.56. The van der Waals surface area contributed by atoms with E-state index in [1.807, 2.05) is 17.5 Å². The number of amides is 1. The van der Waals surface area contributed by atoms with Gasteiger partial charge in [0.2, 0.25) is 0 Å². The van der Waals surface area contributed by atoms with Crippen LogP contribution in [0.25, 0.3) is 0 Å². The second kappa shape index (κ2) is 6.07. The summed E-state index contributed by atoms with van der Waals surface area (Å²) < 4.78 is 0. The normalized spacial score (nSPS) is 10.3. The third-order valence-corrected chi connectivity index (χ3v) is 3.92. The summed E-state index contributed by atoms with van der Waals surface area (Å²) >= 11 is 5.59. The van der Waals surface area contributed by atoms with E-state index in [2.05, 4.69) is 37.0 Å². The first-order valence-electron chi connectivity index (χ1n) is 5.87. The topological polar surface area (TPSA) is 29.1 Å². The number of carbonyl (C=O) groups is 1. The molecule has 0 aliphatic rings. The van der Waals surface area contributed by atoms with Gasteiger partial charge in [-0.05, 0) is 30.2 Å². The third kappa shape index (κ3) is 3.37. The van der Waals surface area contributed by atoms with Crippen molar-refractivity contribution >= 4 is 35.6 Å². The first-order chi connectivity index (χ1) is 8.69. The van der Waals surface area contributed by atoms with E-state index in [0.717, 1.165) is 23.4 Å². The summed E-state index contributed by atoms with van der Waals surface area (Å²) in [6.45, 7) is 2.15. The Bertz CT molecular complexity index is 531. The minimum atomic E-state index is -0.0801. The van der Waals surface area contributed by atoms with Gasteiger partial charge in [-0.25, -0.2) is 0 Å². The maximum absolute atomic E-state index is 11.9. The molecule has 0 atom stereocenters. The van der Waals surface area contributed by atoms with E-state index in [1.54, 1.807) is 6.07 Å². The zero-order valence-corrected chi connectivity index (χ0v) is 11.9. The first kappa shape index (κ1) is 13.2. The molecule has 0 saturated heterocycles. The lowest BCUT2D eigenvalue weighted by molar-refractivity contribution is 0.103. The van der Waals surface area contributed by atoms with Crippen molar-refractivity contribution in [2.24, 2.45) is 0 Å². The molecule has 1 amide bonds. The molecular formula is C14H15NOS2. The van der Waals surface area contributed by atoms with Crippen LogP contribution in [0.15, 0.2) is 40.6 Å². The molecule has 18 heavy (non-hydrogen) atoms. The van der Waals surface area contributed by atoms with Crippen LogP contribution < -0.4 is 5.32 Å². The van der Waals surface area contributed by atoms with Crippen LogP contribution in [0.4, 0.5) is 5.69 Å². The number of rotatable bonds is 4. The Labute approximate surface area is 116 Å². The average Bonchev–Trinajstić information content (AvgIpc) is 2.79. The summed E-state index contributed by atoms with van der Waals surface area (Å²) in [5.41, 5.74) is 2.12. The number of carbonyl (C=O) groups excluding carboxylic acids is 1. The van der Waals surface area contributed by atoms with E-state index in [9.17, 15) is 4.79 Å². The van der Waals surface area contributed by atoms with Crippen molar-refractivity contribution in [1.82, 2.24) is 0 Å². The summed E-state index contributed by atoms with van der Waals surface area (Å²) in [7, 11) is 0. The van der Waals surface area contributed by atoms with Crippen molar-refractivity contribution in [2.75, 3.05) is 5.32 Å². The number of aryl methyl sites for hydroxylation is 1. The molecule has 4 heteroatoms. The SMILES string of the molecule is CCCc1ccc(NC(=O)c2cc(S)cs2)cc1. The fourth-order valence-electron chi connectivity index (χ4n) is 1.68. The number of thiol groups is 1. The van der Waals surface area contributed by atoms with Crippen molar-refractivity contribution in [3.8, 4) is 0 Å². The number of hydrogen-bond donors (Lipinski definition) is 2. The smallest absolute Gasteiger partial charge is 0.265 e. The Morgan fingerprint density at radius 2 is 2.06 bits per heavy atom. The van der Waals surface area contributed by atoms with Gasteiger partial charge in [0, 0.05) is 16.0 Å². The Balaban J connectivity index is 2.03. The number of benzene rings is 1. The summed E-state index contributed by atoms with van der Waals surface area (Å²) in [5.74, 6) is -0.0801. The van der Waals surface area contributed by atoms with E-state index >= 15 is 0 Å². The minimum absolute atomic E-state index is 0.0801. The van der Waals surface area contributed by atoms with Crippen LogP contribution in [-0.4, -0.2) is 5.91 Å². The van der Waals surface area contributed by atoms with Gasteiger partial charge < -0.3 is 5.32 Å². The van der Waals surface area contributed by atoms with Crippen LogP contribution in [-0.2, 0) is 6.42 Å². The second-order valence-electron chi connectivity index (χ2n) is 4.07. The molecule has 0 unspecified atom stereocenters. The van der Waals surface area contributed by atoms with Crippen molar-refractivity contribution in [2.45, 2.75) is 24.7 Å². The molecule has 0 aliphatic carbocycles. The second-order valence-corrected chi connectivity index (χ2v) is 5.50. The van der Waals surface area contributed by atoms with Gasteiger partial charge in [-0.2, -0.15) is 0 Å². The van der Waals surface area contributed by atoms with E-state index in [1.165, 1.54) is 16.9 Å². The van der Waals surface area contributed by atoms with Gasteiger partial charge in [0.1, 0.15) is 0 Å². The zero-order valence-electron chi connectivity index (χ0n) is 10.1. The van der Waals surface area contributed by atoms with Crippen LogP contribution in [0.1, 0.15) is 28.6 Å². The van der Waals surface area contributed by atoms with Gasteiger partial charge in [-0.15, -0.1) is 24.0 Å². The lowest BCUT2D eigenvalue weighted by atomic mass is 10.1. The van der Waals surface area contributed by atoms with Crippen molar-refractivity contribution in [3.05, 3.63) is 46.2 Å². The molecule has 2 rings (SSSR count). The van der Waals surface area contributed by atoms with E-state index in [0.29, 0.717) is 4.88 Å². The standard InChI is InChI=1S/C14H15NOS2/c1-2-3-10-4-6-11(7-5-10)15-14(16)13-8-12(17)9-18-13/h4-9,17H,2-3H2,1H3,(H,15,16). The van der Waals surface area contributed by atoms with E-state index < -0.39 is 0 Å². The van der Waals surface area contributed by atoms with E-state index in [4.69, 9.17) is 0 Å². The van der Waals surface area contributed by atoms with Gasteiger partial charge >= 0.3 is 0 Å². The highest BCUT2D eigenvalue weighted by atomic mass is 32.1. The quantitative estimate of drug-likeness (QED) is 0.804. The predicted molar refractivity (Wildman–Crippen MR) is 80.0 cm³/mol. The molecule has 1 aromatic carbocycles. The molecule has 94 valence electrons. The summed E-state index contributed by atoms with van der Waals surface area (Å²) in [6.07, 6.45) is 2.20. The van der Waals surface area contributed by atoms with Gasteiger partial charge in [0.15, 0.2) is 0 Å². The van der Waals surface area contributed by atoms with Crippen molar-refractivity contribution in [3.63, 3.8) is 0 Å².